The van der Waals surface area contributed by atoms with Crippen LogP contribution in [0, 0.1) is 0 Å². The van der Waals surface area contributed by atoms with Crippen LogP contribution in [0.15, 0.2) is 24.3 Å². The van der Waals surface area contributed by atoms with Crippen LogP contribution >= 0.6 is 0 Å². The Labute approximate surface area is 129 Å². The molecule has 0 spiro atoms. The van der Waals surface area contributed by atoms with Gasteiger partial charge in [0.1, 0.15) is 0 Å². The average Bonchev–Trinajstić information content (AvgIpc) is 2.45. The van der Waals surface area contributed by atoms with Crippen LogP contribution in [0.3, 0.4) is 0 Å². The number of halogens is 3. The van der Waals surface area contributed by atoms with E-state index in [9.17, 15) is 23.1 Å². The molecule has 0 bridgehead atoms. The first-order valence-corrected chi connectivity index (χ1v) is 7.76. The lowest BCUT2D eigenvalue weighted by molar-refractivity contribution is -0.139. The van der Waals surface area contributed by atoms with Gasteiger partial charge in [-0.15, -0.1) is 0 Å². The van der Waals surface area contributed by atoms with Gasteiger partial charge in [0.05, 0.1) is 11.5 Å². The smallest absolute Gasteiger partial charge is 0.416 e. The first-order valence-electron chi connectivity index (χ1n) is 7.76. The van der Waals surface area contributed by atoms with Crippen molar-refractivity contribution in [3.05, 3.63) is 35.4 Å². The molecule has 0 aromatic heterocycles. The summed E-state index contributed by atoms with van der Waals surface area (Å²) in [7, 11) is 0. The fourth-order valence-corrected chi connectivity index (χ4v) is 2.47. The highest BCUT2D eigenvalue weighted by molar-refractivity contribution is 5.76. The summed E-state index contributed by atoms with van der Waals surface area (Å²) in [6.45, 7) is 2.13. The highest BCUT2D eigenvalue weighted by atomic mass is 19.4. The summed E-state index contributed by atoms with van der Waals surface area (Å²) in [6, 6.07) is 4.45. The van der Waals surface area contributed by atoms with Crippen molar-refractivity contribution in [3.63, 3.8) is 0 Å². The van der Waals surface area contributed by atoms with E-state index in [4.69, 9.17) is 0 Å². The van der Waals surface area contributed by atoms with Crippen LogP contribution in [0.2, 0.25) is 0 Å². The monoisotopic (exact) mass is 316 g/mol. The molecule has 2 nitrogen and oxygen atoms in total. The van der Waals surface area contributed by atoms with Gasteiger partial charge in [0.2, 0.25) is 0 Å². The molecule has 1 aromatic carbocycles. The van der Waals surface area contributed by atoms with Gasteiger partial charge in [0, 0.05) is 0 Å². The maximum Gasteiger partial charge on any atom is 0.416 e. The first-order chi connectivity index (χ1) is 10.4. The Hall–Kier alpha value is -1.52. The molecule has 0 saturated heterocycles. The fraction of sp³-hybridized carbons (Fsp3) is 0.588. The highest BCUT2D eigenvalue weighted by Crippen LogP contribution is 2.31. The van der Waals surface area contributed by atoms with Crippen LogP contribution in [0.5, 0.6) is 0 Å². The Bertz CT molecular complexity index is 452. The molecule has 0 fully saturated rings. The molecule has 0 aliphatic rings. The molecule has 0 saturated carbocycles. The quantitative estimate of drug-likeness (QED) is 0.600. The largest absolute Gasteiger partial charge is 0.481 e. The number of unbranched alkanes of at least 4 members (excludes halogenated alkanes) is 5. The van der Waals surface area contributed by atoms with Crippen molar-refractivity contribution >= 4 is 5.97 Å². The second kappa shape index (κ2) is 8.81. The maximum absolute atomic E-state index is 12.5. The molecule has 0 amide bonds. The number of carboxylic acid groups (broad SMARTS) is 1. The van der Waals surface area contributed by atoms with Gasteiger partial charge in [-0.25, -0.2) is 0 Å². The van der Waals surface area contributed by atoms with E-state index >= 15 is 0 Å². The van der Waals surface area contributed by atoms with E-state index in [2.05, 4.69) is 6.92 Å². The van der Waals surface area contributed by atoms with Crippen molar-refractivity contribution < 1.29 is 23.1 Å². The van der Waals surface area contributed by atoms with Gasteiger partial charge in [0.15, 0.2) is 0 Å². The molecule has 1 atom stereocenters. The number of alkyl halides is 3. The van der Waals surface area contributed by atoms with Gasteiger partial charge in [-0.1, -0.05) is 57.6 Å². The topological polar surface area (TPSA) is 37.3 Å². The Morgan fingerprint density at radius 2 is 1.59 bits per heavy atom. The Balaban J connectivity index is 2.58. The molecule has 0 aliphatic heterocycles. The molecule has 1 aromatic rings. The van der Waals surface area contributed by atoms with E-state index in [0.29, 0.717) is 12.0 Å². The highest BCUT2D eigenvalue weighted by Gasteiger charge is 2.30. The van der Waals surface area contributed by atoms with Crippen molar-refractivity contribution in [1.82, 2.24) is 0 Å². The van der Waals surface area contributed by atoms with Crippen molar-refractivity contribution in [2.45, 2.75) is 64.0 Å². The van der Waals surface area contributed by atoms with E-state index < -0.39 is 23.6 Å². The van der Waals surface area contributed by atoms with Gasteiger partial charge in [-0.3, -0.25) is 4.79 Å². The van der Waals surface area contributed by atoms with Gasteiger partial charge < -0.3 is 5.11 Å². The zero-order chi connectivity index (χ0) is 16.6. The molecular formula is C17H23F3O2. The van der Waals surface area contributed by atoms with Crippen molar-refractivity contribution in [3.8, 4) is 0 Å². The summed E-state index contributed by atoms with van der Waals surface area (Å²) in [5.74, 6) is -1.71. The van der Waals surface area contributed by atoms with E-state index in [1.165, 1.54) is 18.6 Å². The molecule has 124 valence electrons. The van der Waals surface area contributed by atoms with Crippen LogP contribution in [0.25, 0.3) is 0 Å². The third-order valence-corrected chi connectivity index (χ3v) is 3.78. The fourth-order valence-electron chi connectivity index (χ4n) is 2.47. The first kappa shape index (κ1) is 18.5. The van der Waals surface area contributed by atoms with E-state index in [-0.39, 0.29) is 0 Å². The molecule has 1 unspecified atom stereocenters. The predicted octanol–water partition coefficient (Wildman–Crippen LogP) is 5.62. The van der Waals surface area contributed by atoms with Gasteiger partial charge in [-0.2, -0.15) is 13.2 Å². The number of hydrogen-bond donors (Lipinski definition) is 1. The van der Waals surface area contributed by atoms with Crippen LogP contribution < -0.4 is 0 Å². The van der Waals surface area contributed by atoms with E-state index in [1.54, 1.807) is 0 Å². The Kier molecular flexibility index (Phi) is 7.42. The maximum atomic E-state index is 12.5. The number of hydrogen-bond acceptors (Lipinski definition) is 1. The summed E-state index contributed by atoms with van der Waals surface area (Å²) in [6.07, 6.45) is 2.38. The molecule has 22 heavy (non-hydrogen) atoms. The van der Waals surface area contributed by atoms with Gasteiger partial charge >= 0.3 is 12.1 Å². The number of rotatable bonds is 9. The minimum atomic E-state index is -4.39. The molecule has 1 N–H and O–H groups in total. The summed E-state index contributed by atoms with van der Waals surface area (Å²) in [5.41, 5.74) is -0.311. The minimum absolute atomic E-state index is 0.439. The molecule has 5 heteroatoms. The summed E-state index contributed by atoms with van der Waals surface area (Å²) in [4.78, 5) is 11.3. The molecular weight excluding hydrogens is 293 g/mol. The van der Waals surface area contributed by atoms with Crippen LogP contribution in [-0.2, 0) is 11.0 Å². The van der Waals surface area contributed by atoms with Crippen LogP contribution in [0.1, 0.15) is 68.9 Å². The molecule has 0 radical (unpaired) electrons. The Morgan fingerprint density at radius 3 is 2.09 bits per heavy atom. The molecule has 0 heterocycles. The standard InChI is InChI=1S/C17H23F3O2/c1-2-3-4-5-6-7-8-15(16(21)22)13-9-11-14(12-10-13)17(18,19)20/h9-12,15H,2-8H2,1H3,(H,21,22). The number of carbonyl (C=O) groups is 1. The van der Waals surface area contributed by atoms with E-state index in [0.717, 1.165) is 44.2 Å². The van der Waals surface area contributed by atoms with Crippen molar-refractivity contribution in [1.29, 1.82) is 0 Å². The van der Waals surface area contributed by atoms with Gasteiger partial charge in [-0.05, 0) is 24.1 Å². The van der Waals surface area contributed by atoms with Crippen LogP contribution in [-0.4, -0.2) is 11.1 Å². The summed E-state index contributed by atoms with van der Waals surface area (Å²) in [5, 5.41) is 9.27. The van der Waals surface area contributed by atoms with Gasteiger partial charge in [0.25, 0.3) is 0 Å². The Morgan fingerprint density at radius 1 is 1.05 bits per heavy atom. The lowest BCUT2D eigenvalue weighted by Gasteiger charge is -2.14. The zero-order valence-electron chi connectivity index (χ0n) is 12.8. The third kappa shape index (κ3) is 6.08. The number of benzene rings is 1. The SMILES string of the molecule is CCCCCCCCC(C(=O)O)c1ccc(C(F)(F)F)cc1. The number of carboxylic acids is 1. The van der Waals surface area contributed by atoms with Crippen LogP contribution in [0.4, 0.5) is 13.2 Å². The second-order valence-corrected chi connectivity index (χ2v) is 5.57. The molecule has 1 rings (SSSR count). The summed E-state index contributed by atoms with van der Waals surface area (Å²) < 4.78 is 37.5. The van der Waals surface area contributed by atoms with E-state index in [1.807, 2.05) is 0 Å². The molecule has 0 aliphatic carbocycles. The third-order valence-electron chi connectivity index (χ3n) is 3.78. The minimum Gasteiger partial charge on any atom is -0.481 e. The lowest BCUT2D eigenvalue weighted by Crippen LogP contribution is -2.12. The zero-order valence-corrected chi connectivity index (χ0v) is 12.8. The number of aliphatic carboxylic acids is 1. The van der Waals surface area contributed by atoms with Crippen molar-refractivity contribution in [2.75, 3.05) is 0 Å². The lowest BCUT2D eigenvalue weighted by atomic mass is 9.92. The van der Waals surface area contributed by atoms with Crippen molar-refractivity contribution in [2.24, 2.45) is 0 Å². The average molecular weight is 316 g/mol. The normalized spacial score (nSPS) is 13.1. The second-order valence-electron chi connectivity index (χ2n) is 5.57. The summed E-state index contributed by atoms with van der Waals surface area (Å²) >= 11 is 0. The predicted molar refractivity (Wildman–Crippen MR) is 79.8 cm³/mol.